The summed E-state index contributed by atoms with van der Waals surface area (Å²) in [5.74, 6) is 0.360. The van der Waals surface area contributed by atoms with Gasteiger partial charge in [0.05, 0.1) is 12.7 Å². The molecule has 0 saturated heterocycles. The fourth-order valence-corrected chi connectivity index (χ4v) is 1.46. The van der Waals surface area contributed by atoms with E-state index >= 15 is 0 Å². The van der Waals surface area contributed by atoms with Crippen LogP contribution in [0.1, 0.15) is 19.4 Å². The third kappa shape index (κ3) is 4.64. The summed E-state index contributed by atoms with van der Waals surface area (Å²) in [6, 6.07) is 7.43. The average molecular weight is 223 g/mol. The zero-order chi connectivity index (χ0) is 12.0. The lowest BCUT2D eigenvalue weighted by Crippen LogP contribution is -2.24. The molecule has 0 aliphatic heterocycles. The van der Waals surface area contributed by atoms with Gasteiger partial charge in [-0.25, -0.2) is 0 Å². The summed E-state index contributed by atoms with van der Waals surface area (Å²) in [4.78, 5) is 2.14. The van der Waals surface area contributed by atoms with Crippen LogP contribution < -0.4 is 0 Å². The predicted molar refractivity (Wildman–Crippen MR) is 65.5 cm³/mol. The van der Waals surface area contributed by atoms with Gasteiger partial charge in [0.15, 0.2) is 0 Å². The molecule has 0 aliphatic rings. The van der Waals surface area contributed by atoms with Crippen LogP contribution in [0.2, 0.25) is 0 Å². The average Bonchev–Trinajstić information content (AvgIpc) is 2.21. The van der Waals surface area contributed by atoms with Crippen LogP contribution in [0.15, 0.2) is 24.3 Å². The third-order valence-corrected chi connectivity index (χ3v) is 2.36. The van der Waals surface area contributed by atoms with Crippen LogP contribution in [0.4, 0.5) is 0 Å². The molecule has 0 aliphatic carbocycles. The van der Waals surface area contributed by atoms with Gasteiger partial charge in [-0.05, 0) is 27.0 Å². The second-order valence-electron chi connectivity index (χ2n) is 4.29. The molecule has 90 valence electrons. The van der Waals surface area contributed by atoms with Gasteiger partial charge in [-0.15, -0.1) is 0 Å². The monoisotopic (exact) mass is 223 g/mol. The maximum Gasteiger partial charge on any atom is 0.120 e. The number of benzene rings is 1. The van der Waals surface area contributed by atoms with Crippen molar-refractivity contribution in [2.75, 3.05) is 20.2 Å². The van der Waals surface area contributed by atoms with E-state index in [-0.39, 0.29) is 6.10 Å². The zero-order valence-electron chi connectivity index (χ0n) is 10.3. The number of likely N-dealkylation sites (N-methyl/N-ethyl adjacent to an activating group) is 1. The number of hydrogen-bond acceptors (Lipinski definition) is 3. The number of para-hydroxylation sites is 1. The van der Waals surface area contributed by atoms with E-state index in [1.807, 2.05) is 39.1 Å². The minimum atomic E-state index is 0.276. The SMILES string of the molecule is CC(C)OCCN(C)Cc1ccccc1O. The Morgan fingerprint density at radius 3 is 2.62 bits per heavy atom. The number of aromatic hydroxyl groups is 1. The lowest BCUT2D eigenvalue weighted by molar-refractivity contribution is 0.0626. The lowest BCUT2D eigenvalue weighted by atomic mass is 10.2. The van der Waals surface area contributed by atoms with E-state index in [0.717, 1.165) is 25.3 Å². The largest absolute Gasteiger partial charge is 0.508 e. The highest BCUT2D eigenvalue weighted by atomic mass is 16.5. The second-order valence-corrected chi connectivity index (χ2v) is 4.29. The Labute approximate surface area is 97.7 Å². The molecule has 0 radical (unpaired) electrons. The first-order valence-corrected chi connectivity index (χ1v) is 5.66. The van der Waals surface area contributed by atoms with Crippen LogP contribution in [-0.2, 0) is 11.3 Å². The molecule has 1 aromatic carbocycles. The van der Waals surface area contributed by atoms with Crippen molar-refractivity contribution in [1.82, 2.24) is 4.90 Å². The van der Waals surface area contributed by atoms with Crippen molar-refractivity contribution in [3.63, 3.8) is 0 Å². The maximum absolute atomic E-state index is 9.62. The van der Waals surface area contributed by atoms with E-state index in [1.165, 1.54) is 0 Å². The molecular weight excluding hydrogens is 202 g/mol. The minimum Gasteiger partial charge on any atom is -0.508 e. The molecule has 0 atom stereocenters. The summed E-state index contributed by atoms with van der Waals surface area (Å²) >= 11 is 0. The van der Waals surface area contributed by atoms with Crippen molar-refractivity contribution in [2.24, 2.45) is 0 Å². The molecule has 16 heavy (non-hydrogen) atoms. The number of ether oxygens (including phenoxy) is 1. The topological polar surface area (TPSA) is 32.7 Å². The maximum atomic E-state index is 9.62. The van der Waals surface area contributed by atoms with E-state index in [0.29, 0.717) is 5.75 Å². The Hall–Kier alpha value is -1.06. The van der Waals surface area contributed by atoms with Crippen LogP contribution >= 0.6 is 0 Å². The summed E-state index contributed by atoms with van der Waals surface area (Å²) < 4.78 is 5.48. The predicted octanol–water partition coefficient (Wildman–Crippen LogP) is 2.25. The van der Waals surface area contributed by atoms with Crippen molar-refractivity contribution < 1.29 is 9.84 Å². The summed E-state index contributed by atoms with van der Waals surface area (Å²) in [6.45, 7) is 6.40. The summed E-state index contributed by atoms with van der Waals surface area (Å²) in [5, 5.41) is 9.62. The molecule has 0 unspecified atom stereocenters. The molecule has 0 fully saturated rings. The van der Waals surface area contributed by atoms with Crippen molar-refractivity contribution >= 4 is 0 Å². The number of hydrogen-bond donors (Lipinski definition) is 1. The van der Waals surface area contributed by atoms with Crippen molar-refractivity contribution in [2.45, 2.75) is 26.5 Å². The fraction of sp³-hybridized carbons (Fsp3) is 0.538. The third-order valence-electron chi connectivity index (χ3n) is 2.36. The molecule has 3 nitrogen and oxygen atoms in total. The van der Waals surface area contributed by atoms with Crippen LogP contribution in [0.5, 0.6) is 5.75 Å². The molecule has 0 amide bonds. The lowest BCUT2D eigenvalue weighted by Gasteiger charge is -2.18. The highest BCUT2D eigenvalue weighted by Gasteiger charge is 2.04. The number of phenolic OH excluding ortho intramolecular Hbond substituents is 1. The van der Waals surface area contributed by atoms with Crippen molar-refractivity contribution in [3.8, 4) is 5.75 Å². The first kappa shape index (κ1) is 13.0. The van der Waals surface area contributed by atoms with Gasteiger partial charge >= 0.3 is 0 Å². The first-order valence-electron chi connectivity index (χ1n) is 5.66. The van der Waals surface area contributed by atoms with E-state index in [2.05, 4.69) is 4.90 Å². The minimum absolute atomic E-state index is 0.276. The van der Waals surface area contributed by atoms with E-state index in [1.54, 1.807) is 6.07 Å². The highest BCUT2D eigenvalue weighted by Crippen LogP contribution is 2.16. The normalized spacial score (nSPS) is 11.3. The zero-order valence-corrected chi connectivity index (χ0v) is 10.3. The van der Waals surface area contributed by atoms with Gasteiger partial charge in [-0.1, -0.05) is 18.2 Å². The van der Waals surface area contributed by atoms with Crippen LogP contribution in [0.3, 0.4) is 0 Å². The quantitative estimate of drug-likeness (QED) is 0.803. The molecule has 0 heterocycles. The van der Waals surface area contributed by atoms with E-state index < -0.39 is 0 Å². The molecule has 3 heteroatoms. The summed E-state index contributed by atoms with van der Waals surface area (Å²) in [6.07, 6.45) is 0.276. The van der Waals surface area contributed by atoms with Gasteiger partial charge in [0.2, 0.25) is 0 Å². The molecule has 1 rings (SSSR count). The molecular formula is C13H21NO2. The molecule has 0 saturated carbocycles. The number of nitrogens with zero attached hydrogens (tertiary/aromatic N) is 1. The first-order chi connectivity index (χ1) is 7.59. The van der Waals surface area contributed by atoms with Gasteiger partial charge in [0, 0.05) is 18.7 Å². The van der Waals surface area contributed by atoms with Crippen LogP contribution in [0, 0.1) is 0 Å². The number of phenols is 1. The van der Waals surface area contributed by atoms with Crippen LogP contribution in [0.25, 0.3) is 0 Å². The van der Waals surface area contributed by atoms with E-state index in [4.69, 9.17) is 4.74 Å². The Balaban J connectivity index is 2.34. The highest BCUT2D eigenvalue weighted by molar-refractivity contribution is 5.31. The molecule has 1 N–H and O–H groups in total. The van der Waals surface area contributed by atoms with E-state index in [9.17, 15) is 5.11 Å². The molecule has 0 aromatic heterocycles. The van der Waals surface area contributed by atoms with Gasteiger partial charge in [0.25, 0.3) is 0 Å². The Morgan fingerprint density at radius 1 is 1.31 bits per heavy atom. The number of rotatable bonds is 6. The van der Waals surface area contributed by atoms with Gasteiger partial charge < -0.3 is 9.84 Å². The molecule has 0 spiro atoms. The standard InChI is InChI=1S/C13H21NO2/c1-11(2)16-9-8-14(3)10-12-6-4-5-7-13(12)15/h4-7,11,15H,8-10H2,1-3H3. The fourth-order valence-electron chi connectivity index (χ4n) is 1.46. The van der Waals surface area contributed by atoms with Gasteiger partial charge in [-0.2, -0.15) is 0 Å². The molecule has 0 bridgehead atoms. The second kappa shape index (κ2) is 6.51. The molecule has 1 aromatic rings. The van der Waals surface area contributed by atoms with Gasteiger partial charge in [0.1, 0.15) is 5.75 Å². The van der Waals surface area contributed by atoms with Crippen LogP contribution in [-0.4, -0.2) is 36.3 Å². The van der Waals surface area contributed by atoms with Crippen molar-refractivity contribution in [3.05, 3.63) is 29.8 Å². The van der Waals surface area contributed by atoms with Crippen molar-refractivity contribution in [1.29, 1.82) is 0 Å². The Kier molecular flexibility index (Phi) is 5.29. The Morgan fingerprint density at radius 2 is 2.00 bits per heavy atom. The Bertz CT molecular complexity index is 313. The summed E-state index contributed by atoms with van der Waals surface area (Å²) in [7, 11) is 2.02. The summed E-state index contributed by atoms with van der Waals surface area (Å²) in [5.41, 5.74) is 0.953. The smallest absolute Gasteiger partial charge is 0.120 e. The van der Waals surface area contributed by atoms with Gasteiger partial charge in [-0.3, -0.25) is 4.90 Å².